The molecule has 0 unspecified atom stereocenters. The highest BCUT2D eigenvalue weighted by Gasteiger charge is 2.13. The molecule has 0 atom stereocenters. The second kappa shape index (κ2) is 8.55. The van der Waals surface area contributed by atoms with Crippen LogP contribution in [-0.4, -0.2) is 30.3 Å². The minimum Gasteiger partial charge on any atom is -0.493 e. The number of hydrogen-bond acceptors (Lipinski definition) is 6. The normalized spacial score (nSPS) is 10.5. The second-order valence-corrected chi connectivity index (χ2v) is 6.08. The van der Waals surface area contributed by atoms with Crippen molar-refractivity contribution in [2.24, 2.45) is 0 Å². The van der Waals surface area contributed by atoms with Gasteiger partial charge in [-0.1, -0.05) is 22.8 Å². The lowest BCUT2D eigenvalue weighted by atomic mass is 10.2. The van der Waals surface area contributed by atoms with E-state index >= 15 is 0 Å². The molecule has 7 nitrogen and oxygen atoms in total. The first-order valence-corrected chi connectivity index (χ1v) is 8.57. The van der Waals surface area contributed by atoms with Crippen LogP contribution < -0.4 is 14.8 Å². The first-order chi connectivity index (χ1) is 13.1. The highest BCUT2D eigenvalue weighted by molar-refractivity contribution is 6.30. The van der Waals surface area contributed by atoms with Gasteiger partial charge in [-0.2, -0.15) is 4.98 Å². The molecule has 0 aliphatic heterocycles. The predicted octanol–water partition coefficient (Wildman–Crippen LogP) is 3.98. The van der Waals surface area contributed by atoms with E-state index in [0.717, 1.165) is 5.56 Å². The van der Waals surface area contributed by atoms with E-state index in [1.165, 1.54) is 0 Å². The number of aryl methyl sites for hydroxylation is 1. The number of nitrogens with zero attached hydrogens (tertiary/aromatic N) is 2. The third-order valence-corrected chi connectivity index (χ3v) is 4.02. The molecule has 140 valence electrons. The summed E-state index contributed by atoms with van der Waals surface area (Å²) >= 11 is 5.90. The molecule has 0 saturated carbocycles. The van der Waals surface area contributed by atoms with E-state index in [4.69, 9.17) is 25.6 Å². The molecule has 3 rings (SSSR count). The average molecular weight is 388 g/mol. The standard InChI is InChI=1S/C19H18ClN3O4/c1-25-15-7-6-12(10-16(15)26-2)19-22-18(27-23-19)9-8-17(24)21-14-5-3-4-13(20)11-14/h3-7,10-11H,8-9H2,1-2H3,(H,21,24). The Morgan fingerprint density at radius 2 is 1.96 bits per heavy atom. The molecule has 0 radical (unpaired) electrons. The summed E-state index contributed by atoms with van der Waals surface area (Å²) in [4.78, 5) is 16.4. The maximum atomic E-state index is 12.1. The molecule has 27 heavy (non-hydrogen) atoms. The molecule has 3 aromatic rings. The number of benzene rings is 2. The van der Waals surface area contributed by atoms with Crippen molar-refractivity contribution in [2.45, 2.75) is 12.8 Å². The lowest BCUT2D eigenvalue weighted by molar-refractivity contribution is -0.116. The Hall–Kier alpha value is -3.06. The number of rotatable bonds is 7. The zero-order valence-electron chi connectivity index (χ0n) is 14.9. The number of amides is 1. The zero-order chi connectivity index (χ0) is 19.2. The average Bonchev–Trinajstić information content (AvgIpc) is 3.15. The van der Waals surface area contributed by atoms with E-state index in [0.29, 0.717) is 40.3 Å². The minimum absolute atomic E-state index is 0.164. The smallest absolute Gasteiger partial charge is 0.227 e. The molecule has 2 aromatic carbocycles. The molecular formula is C19H18ClN3O4. The Kier molecular flexibility index (Phi) is 5.93. The van der Waals surface area contributed by atoms with E-state index in [-0.39, 0.29) is 12.3 Å². The van der Waals surface area contributed by atoms with Crippen molar-refractivity contribution >= 4 is 23.2 Å². The van der Waals surface area contributed by atoms with Gasteiger partial charge in [-0.05, 0) is 36.4 Å². The number of hydrogen-bond donors (Lipinski definition) is 1. The third kappa shape index (κ3) is 4.77. The maximum Gasteiger partial charge on any atom is 0.227 e. The number of nitrogens with one attached hydrogen (secondary N) is 1. The van der Waals surface area contributed by atoms with Gasteiger partial charge in [0, 0.05) is 29.1 Å². The fourth-order valence-corrected chi connectivity index (χ4v) is 2.65. The van der Waals surface area contributed by atoms with Crippen LogP contribution in [0.2, 0.25) is 5.02 Å². The van der Waals surface area contributed by atoms with Gasteiger partial charge in [0.15, 0.2) is 11.5 Å². The van der Waals surface area contributed by atoms with Crippen molar-refractivity contribution in [2.75, 3.05) is 19.5 Å². The van der Waals surface area contributed by atoms with Gasteiger partial charge in [-0.25, -0.2) is 0 Å². The van der Waals surface area contributed by atoms with E-state index < -0.39 is 0 Å². The van der Waals surface area contributed by atoms with E-state index in [1.807, 2.05) is 6.07 Å². The van der Waals surface area contributed by atoms with E-state index in [2.05, 4.69) is 15.5 Å². The Bertz CT molecular complexity index is 942. The van der Waals surface area contributed by atoms with Gasteiger partial charge in [0.25, 0.3) is 0 Å². The number of carbonyl (C=O) groups excluding carboxylic acids is 1. The highest BCUT2D eigenvalue weighted by Crippen LogP contribution is 2.31. The van der Waals surface area contributed by atoms with Gasteiger partial charge in [-0.3, -0.25) is 4.79 Å². The molecule has 1 amide bonds. The van der Waals surface area contributed by atoms with Crippen LogP contribution in [0.15, 0.2) is 47.0 Å². The van der Waals surface area contributed by atoms with Crippen LogP contribution in [0.5, 0.6) is 11.5 Å². The number of aromatic nitrogens is 2. The molecule has 0 fully saturated rings. The maximum absolute atomic E-state index is 12.1. The van der Waals surface area contributed by atoms with Crippen molar-refractivity contribution in [3.8, 4) is 22.9 Å². The van der Waals surface area contributed by atoms with E-state index in [1.54, 1.807) is 50.6 Å². The number of carbonyl (C=O) groups is 1. The number of halogens is 1. The van der Waals surface area contributed by atoms with Crippen molar-refractivity contribution in [3.05, 3.63) is 53.4 Å². The summed E-state index contributed by atoms with van der Waals surface area (Å²) in [5, 5.41) is 7.29. The first kappa shape index (κ1) is 18.7. The molecule has 1 heterocycles. The zero-order valence-corrected chi connectivity index (χ0v) is 15.6. The van der Waals surface area contributed by atoms with Crippen LogP contribution in [0.4, 0.5) is 5.69 Å². The summed E-state index contributed by atoms with van der Waals surface area (Å²) in [6.45, 7) is 0. The van der Waals surface area contributed by atoms with Crippen LogP contribution in [0.1, 0.15) is 12.3 Å². The lowest BCUT2D eigenvalue weighted by Crippen LogP contribution is -2.12. The third-order valence-electron chi connectivity index (χ3n) is 3.78. The summed E-state index contributed by atoms with van der Waals surface area (Å²) in [5.41, 5.74) is 1.37. The Morgan fingerprint density at radius 1 is 1.15 bits per heavy atom. The van der Waals surface area contributed by atoms with Crippen molar-refractivity contribution in [1.29, 1.82) is 0 Å². The molecular weight excluding hydrogens is 370 g/mol. The van der Waals surface area contributed by atoms with Crippen LogP contribution in [-0.2, 0) is 11.2 Å². The van der Waals surface area contributed by atoms with Crippen molar-refractivity contribution < 1.29 is 18.8 Å². The SMILES string of the molecule is COc1ccc(-c2noc(CCC(=O)Nc3cccc(Cl)c3)n2)cc1OC. The minimum atomic E-state index is -0.164. The fraction of sp³-hybridized carbons (Fsp3) is 0.211. The van der Waals surface area contributed by atoms with Gasteiger partial charge in [0.05, 0.1) is 14.2 Å². The molecule has 0 aliphatic rings. The molecule has 0 aliphatic carbocycles. The van der Waals surface area contributed by atoms with E-state index in [9.17, 15) is 4.79 Å². The number of methoxy groups -OCH3 is 2. The summed E-state index contributed by atoms with van der Waals surface area (Å²) in [7, 11) is 3.13. The van der Waals surface area contributed by atoms with Gasteiger partial charge in [-0.15, -0.1) is 0 Å². The molecule has 0 spiro atoms. The summed E-state index contributed by atoms with van der Waals surface area (Å²) in [6.07, 6.45) is 0.534. The largest absolute Gasteiger partial charge is 0.493 e. The predicted molar refractivity (Wildman–Crippen MR) is 101 cm³/mol. The summed E-state index contributed by atoms with van der Waals surface area (Å²) < 4.78 is 15.7. The molecule has 8 heteroatoms. The van der Waals surface area contributed by atoms with Gasteiger partial charge in [0.1, 0.15) is 0 Å². The highest BCUT2D eigenvalue weighted by atomic mass is 35.5. The van der Waals surface area contributed by atoms with Gasteiger partial charge in [0.2, 0.25) is 17.6 Å². The first-order valence-electron chi connectivity index (χ1n) is 8.19. The Labute approximate surface area is 161 Å². The van der Waals surface area contributed by atoms with Gasteiger partial charge < -0.3 is 19.3 Å². The van der Waals surface area contributed by atoms with Crippen LogP contribution >= 0.6 is 11.6 Å². The molecule has 1 N–H and O–H groups in total. The lowest BCUT2D eigenvalue weighted by Gasteiger charge is -2.07. The molecule has 0 bridgehead atoms. The van der Waals surface area contributed by atoms with Crippen LogP contribution in [0.3, 0.4) is 0 Å². The molecule has 0 saturated heterocycles. The number of ether oxygens (including phenoxy) is 2. The monoisotopic (exact) mass is 387 g/mol. The van der Waals surface area contributed by atoms with Gasteiger partial charge >= 0.3 is 0 Å². The topological polar surface area (TPSA) is 86.5 Å². The number of anilines is 1. The van der Waals surface area contributed by atoms with Crippen LogP contribution in [0, 0.1) is 0 Å². The summed E-state index contributed by atoms with van der Waals surface area (Å²) in [6, 6.07) is 12.3. The summed E-state index contributed by atoms with van der Waals surface area (Å²) in [5.74, 6) is 1.82. The Morgan fingerprint density at radius 3 is 2.70 bits per heavy atom. The second-order valence-electron chi connectivity index (χ2n) is 5.64. The Balaban J connectivity index is 1.62. The quantitative estimate of drug-likeness (QED) is 0.659. The van der Waals surface area contributed by atoms with Crippen molar-refractivity contribution in [3.63, 3.8) is 0 Å². The fourth-order valence-electron chi connectivity index (χ4n) is 2.46. The molecule has 1 aromatic heterocycles. The van der Waals surface area contributed by atoms with Crippen molar-refractivity contribution in [1.82, 2.24) is 10.1 Å². The van der Waals surface area contributed by atoms with Crippen LogP contribution in [0.25, 0.3) is 11.4 Å².